The van der Waals surface area contributed by atoms with E-state index in [0.717, 1.165) is 31.6 Å². The largest absolute Gasteiger partial charge is 0.371 e. The van der Waals surface area contributed by atoms with Crippen LogP contribution in [0.2, 0.25) is 10.0 Å². The van der Waals surface area contributed by atoms with Gasteiger partial charge in [0, 0.05) is 19.6 Å². The van der Waals surface area contributed by atoms with Crippen LogP contribution in [0.3, 0.4) is 0 Å². The van der Waals surface area contributed by atoms with E-state index in [1.165, 1.54) is 6.26 Å². The first-order valence-corrected chi connectivity index (χ1v) is 9.73. The molecule has 1 aliphatic rings. The van der Waals surface area contributed by atoms with Gasteiger partial charge in [-0.15, -0.1) is 0 Å². The lowest BCUT2D eigenvalue weighted by Crippen LogP contribution is -2.39. The van der Waals surface area contributed by atoms with Gasteiger partial charge in [0.1, 0.15) is 0 Å². The lowest BCUT2D eigenvalue weighted by molar-refractivity contribution is -0.0300. The maximum absolute atomic E-state index is 11.0. The summed E-state index contributed by atoms with van der Waals surface area (Å²) in [5.74, 6) is 0. The van der Waals surface area contributed by atoms with Crippen molar-refractivity contribution >= 4 is 33.2 Å². The molecular weight excluding hydrogens is 347 g/mol. The van der Waals surface area contributed by atoms with Crippen LogP contribution in [0.4, 0.5) is 0 Å². The van der Waals surface area contributed by atoms with Crippen LogP contribution in [0.15, 0.2) is 18.2 Å². The lowest BCUT2D eigenvalue weighted by Gasteiger charge is -2.33. The number of nitrogens with zero attached hydrogens (tertiary/aromatic N) is 1. The van der Waals surface area contributed by atoms with Crippen molar-refractivity contribution in [3.63, 3.8) is 0 Å². The van der Waals surface area contributed by atoms with Crippen molar-refractivity contribution in [1.82, 2.24) is 9.62 Å². The standard InChI is InChI=1S/C14H20Cl2N2O3S/c1-22(19,20)17-5-2-6-18-7-8-21-14(10-18)11-3-4-12(15)13(16)9-11/h3-4,9,14,17H,2,5-8,10H2,1H3/t14-/m0/s1. The summed E-state index contributed by atoms with van der Waals surface area (Å²) in [5.41, 5.74) is 1.01. The molecule has 22 heavy (non-hydrogen) atoms. The molecule has 0 saturated carbocycles. The van der Waals surface area contributed by atoms with E-state index in [-0.39, 0.29) is 6.10 Å². The Labute approximate surface area is 141 Å². The smallest absolute Gasteiger partial charge is 0.208 e. The summed E-state index contributed by atoms with van der Waals surface area (Å²) >= 11 is 12.0. The Morgan fingerprint density at radius 3 is 2.82 bits per heavy atom. The molecule has 1 heterocycles. The first-order valence-electron chi connectivity index (χ1n) is 7.09. The SMILES string of the molecule is CS(=O)(=O)NCCCN1CCO[C@H](c2ccc(Cl)c(Cl)c2)C1. The second kappa shape index (κ2) is 7.95. The maximum atomic E-state index is 11.0. The van der Waals surface area contributed by atoms with Gasteiger partial charge < -0.3 is 4.74 Å². The summed E-state index contributed by atoms with van der Waals surface area (Å²) in [6, 6.07) is 5.54. The zero-order valence-corrected chi connectivity index (χ0v) is 14.7. The van der Waals surface area contributed by atoms with Gasteiger partial charge in [-0.05, 0) is 30.7 Å². The van der Waals surface area contributed by atoms with Crippen molar-refractivity contribution in [2.75, 3.05) is 39.0 Å². The minimum atomic E-state index is -3.11. The highest BCUT2D eigenvalue weighted by Gasteiger charge is 2.22. The van der Waals surface area contributed by atoms with Gasteiger partial charge in [-0.25, -0.2) is 13.1 Å². The topological polar surface area (TPSA) is 58.6 Å². The van der Waals surface area contributed by atoms with Crippen molar-refractivity contribution in [2.24, 2.45) is 0 Å². The molecule has 1 atom stereocenters. The molecule has 1 saturated heterocycles. The van der Waals surface area contributed by atoms with Gasteiger partial charge in [-0.2, -0.15) is 0 Å². The summed E-state index contributed by atoms with van der Waals surface area (Å²) in [7, 11) is -3.11. The molecule has 0 aromatic heterocycles. The molecule has 1 fully saturated rings. The van der Waals surface area contributed by atoms with Gasteiger partial charge in [0.25, 0.3) is 0 Å². The van der Waals surface area contributed by atoms with Gasteiger partial charge in [0.05, 0.1) is 29.0 Å². The molecule has 1 N–H and O–H groups in total. The fourth-order valence-electron chi connectivity index (χ4n) is 2.38. The van der Waals surface area contributed by atoms with E-state index in [9.17, 15) is 8.42 Å². The van der Waals surface area contributed by atoms with E-state index >= 15 is 0 Å². The fraction of sp³-hybridized carbons (Fsp3) is 0.571. The van der Waals surface area contributed by atoms with Crippen LogP contribution in [0, 0.1) is 0 Å². The van der Waals surface area contributed by atoms with Crippen LogP contribution in [0.25, 0.3) is 0 Å². The maximum Gasteiger partial charge on any atom is 0.208 e. The Kier molecular flexibility index (Phi) is 6.49. The Bertz CT molecular complexity index is 610. The molecular formula is C14H20Cl2N2O3S. The molecule has 8 heteroatoms. The number of hydrogen-bond acceptors (Lipinski definition) is 4. The van der Waals surface area contributed by atoms with Crippen LogP contribution in [-0.4, -0.2) is 52.4 Å². The zero-order valence-electron chi connectivity index (χ0n) is 12.4. The van der Waals surface area contributed by atoms with E-state index in [4.69, 9.17) is 27.9 Å². The third kappa shape index (κ3) is 5.68. The quantitative estimate of drug-likeness (QED) is 0.784. The molecule has 0 aliphatic carbocycles. The number of ether oxygens (including phenoxy) is 1. The van der Waals surface area contributed by atoms with Crippen LogP contribution < -0.4 is 4.72 Å². The molecule has 0 bridgehead atoms. The van der Waals surface area contributed by atoms with Gasteiger partial charge in [-0.1, -0.05) is 29.3 Å². The molecule has 1 aromatic carbocycles. The molecule has 0 spiro atoms. The molecule has 1 aliphatic heterocycles. The highest BCUT2D eigenvalue weighted by molar-refractivity contribution is 7.88. The zero-order chi connectivity index (χ0) is 16.2. The minimum absolute atomic E-state index is 0.0358. The molecule has 2 rings (SSSR count). The molecule has 5 nitrogen and oxygen atoms in total. The van der Waals surface area contributed by atoms with E-state index in [2.05, 4.69) is 9.62 Å². The Morgan fingerprint density at radius 1 is 1.36 bits per heavy atom. The molecule has 124 valence electrons. The van der Waals surface area contributed by atoms with Gasteiger partial charge >= 0.3 is 0 Å². The van der Waals surface area contributed by atoms with E-state index < -0.39 is 10.0 Å². The third-order valence-corrected chi connectivity index (χ3v) is 4.95. The minimum Gasteiger partial charge on any atom is -0.371 e. The van der Waals surface area contributed by atoms with Crippen molar-refractivity contribution < 1.29 is 13.2 Å². The van der Waals surface area contributed by atoms with Crippen LogP contribution >= 0.6 is 23.2 Å². The van der Waals surface area contributed by atoms with E-state index in [1.807, 2.05) is 12.1 Å². The first-order chi connectivity index (χ1) is 10.3. The Balaban J connectivity index is 1.85. The highest BCUT2D eigenvalue weighted by Crippen LogP contribution is 2.28. The second-order valence-electron chi connectivity index (χ2n) is 5.35. The van der Waals surface area contributed by atoms with Crippen LogP contribution in [0.1, 0.15) is 18.1 Å². The van der Waals surface area contributed by atoms with Crippen LogP contribution in [0.5, 0.6) is 0 Å². The molecule has 0 unspecified atom stereocenters. The number of halogens is 2. The number of benzene rings is 1. The summed E-state index contributed by atoms with van der Waals surface area (Å²) in [4.78, 5) is 2.26. The molecule has 0 radical (unpaired) electrons. The van der Waals surface area contributed by atoms with Crippen molar-refractivity contribution in [1.29, 1.82) is 0 Å². The van der Waals surface area contributed by atoms with Crippen molar-refractivity contribution in [3.8, 4) is 0 Å². The second-order valence-corrected chi connectivity index (χ2v) is 8.00. The molecule has 1 aromatic rings. The predicted molar refractivity (Wildman–Crippen MR) is 89.1 cm³/mol. The van der Waals surface area contributed by atoms with Gasteiger partial charge in [0.15, 0.2) is 0 Å². The summed E-state index contributed by atoms with van der Waals surface area (Å²) in [6.45, 7) is 3.52. The predicted octanol–water partition coefficient (Wildman–Crippen LogP) is 2.31. The lowest BCUT2D eigenvalue weighted by atomic mass is 10.1. The average molecular weight is 367 g/mol. The van der Waals surface area contributed by atoms with Gasteiger partial charge in [-0.3, -0.25) is 4.90 Å². The summed E-state index contributed by atoms with van der Waals surface area (Å²) in [5, 5.41) is 1.06. The Morgan fingerprint density at radius 2 is 2.14 bits per heavy atom. The molecule has 0 amide bonds. The van der Waals surface area contributed by atoms with Crippen molar-refractivity contribution in [2.45, 2.75) is 12.5 Å². The highest BCUT2D eigenvalue weighted by atomic mass is 35.5. The third-order valence-electron chi connectivity index (χ3n) is 3.48. The van der Waals surface area contributed by atoms with E-state index in [1.54, 1.807) is 6.07 Å². The van der Waals surface area contributed by atoms with Crippen LogP contribution in [-0.2, 0) is 14.8 Å². The van der Waals surface area contributed by atoms with Crippen molar-refractivity contribution in [3.05, 3.63) is 33.8 Å². The summed E-state index contributed by atoms with van der Waals surface area (Å²) in [6.07, 6.45) is 1.90. The van der Waals surface area contributed by atoms with E-state index in [0.29, 0.717) is 23.2 Å². The number of nitrogens with one attached hydrogen (secondary N) is 1. The normalized spacial score (nSPS) is 20.2. The van der Waals surface area contributed by atoms with Gasteiger partial charge in [0.2, 0.25) is 10.0 Å². The fourth-order valence-corrected chi connectivity index (χ4v) is 3.20. The number of hydrogen-bond donors (Lipinski definition) is 1. The first kappa shape index (κ1) is 18.0. The monoisotopic (exact) mass is 366 g/mol. The average Bonchev–Trinajstić information content (AvgIpc) is 2.46. The Hall–Kier alpha value is -0.370. The summed E-state index contributed by atoms with van der Waals surface area (Å²) < 4.78 is 30.3. The number of rotatable bonds is 6. The number of sulfonamides is 1. The number of morpholine rings is 1.